The largest absolute Gasteiger partial charge is 0.497 e. The lowest BCUT2D eigenvalue weighted by Crippen LogP contribution is -2.39. The van der Waals surface area contributed by atoms with Gasteiger partial charge in [0.25, 0.3) is 21.8 Å². The maximum Gasteiger partial charge on any atom is 0.264 e. The minimum Gasteiger partial charge on any atom is -0.497 e. The molecule has 0 saturated heterocycles. The standard InChI is InChI=1S/C32H32N4O7S/c1-41-27-17-18-29(30(19-27)42-2)36(44(39,40)28-11-7-4-8-12-28)22-31(37)35-34-21-25-13-15-26(16-14-25)43-23-32(38)33-20-24-9-5-3-6-10-24/h3-19,21H,20,22-23H2,1-2H3,(H,33,38)(H,35,37)/b34-21-. The van der Waals surface area contributed by atoms with Crippen LogP contribution in [0.15, 0.2) is 113 Å². The Kier molecular flexibility index (Phi) is 10.9. The molecule has 2 N–H and O–H groups in total. The summed E-state index contributed by atoms with van der Waals surface area (Å²) >= 11 is 0. The van der Waals surface area contributed by atoms with E-state index in [1.807, 2.05) is 30.3 Å². The van der Waals surface area contributed by atoms with Gasteiger partial charge in [0.15, 0.2) is 6.61 Å². The Labute approximate surface area is 256 Å². The molecule has 4 rings (SSSR count). The topological polar surface area (TPSA) is 136 Å². The zero-order valence-corrected chi connectivity index (χ0v) is 25.0. The molecule has 11 nitrogen and oxygen atoms in total. The van der Waals surface area contributed by atoms with Gasteiger partial charge in [0.05, 0.1) is 31.0 Å². The van der Waals surface area contributed by atoms with Crippen LogP contribution < -0.4 is 29.3 Å². The predicted molar refractivity (Wildman–Crippen MR) is 166 cm³/mol. The van der Waals surface area contributed by atoms with E-state index in [0.717, 1.165) is 9.87 Å². The van der Waals surface area contributed by atoms with Crippen LogP contribution in [0.3, 0.4) is 0 Å². The van der Waals surface area contributed by atoms with E-state index in [4.69, 9.17) is 14.2 Å². The molecule has 0 aliphatic rings. The Morgan fingerprint density at radius 2 is 1.48 bits per heavy atom. The third-order valence-electron chi connectivity index (χ3n) is 6.26. The van der Waals surface area contributed by atoms with Crippen LogP contribution >= 0.6 is 0 Å². The zero-order chi connectivity index (χ0) is 31.4. The molecule has 0 unspecified atom stereocenters. The van der Waals surface area contributed by atoms with E-state index in [2.05, 4.69) is 15.8 Å². The van der Waals surface area contributed by atoms with Gasteiger partial charge in [-0.25, -0.2) is 13.8 Å². The Bertz CT molecular complexity index is 1680. The van der Waals surface area contributed by atoms with Gasteiger partial charge in [-0.05, 0) is 59.7 Å². The second-order valence-corrected chi connectivity index (χ2v) is 11.1. The second kappa shape index (κ2) is 15.2. The van der Waals surface area contributed by atoms with Crippen molar-refractivity contribution < 1.29 is 32.2 Å². The van der Waals surface area contributed by atoms with Crippen LogP contribution in [0.1, 0.15) is 11.1 Å². The molecule has 228 valence electrons. The molecule has 4 aromatic rings. The lowest BCUT2D eigenvalue weighted by atomic mass is 10.2. The second-order valence-electron chi connectivity index (χ2n) is 9.28. The summed E-state index contributed by atoms with van der Waals surface area (Å²) in [5.74, 6) is 0.213. The van der Waals surface area contributed by atoms with Crippen LogP contribution in [0.2, 0.25) is 0 Å². The first-order valence-corrected chi connectivity index (χ1v) is 14.9. The summed E-state index contributed by atoms with van der Waals surface area (Å²) in [7, 11) is -1.28. The van der Waals surface area contributed by atoms with Gasteiger partial charge >= 0.3 is 0 Å². The van der Waals surface area contributed by atoms with Gasteiger partial charge in [0.1, 0.15) is 23.8 Å². The fraction of sp³-hybridized carbons (Fsp3) is 0.156. The summed E-state index contributed by atoms with van der Waals surface area (Å²) in [6.45, 7) is -0.304. The first-order valence-electron chi connectivity index (χ1n) is 13.5. The number of hydrogen-bond donors (Lipinski definition) is 2. The van der Waals surface area contributed by atoms with Gasteiger partial charge in [0, 0.05) is 12.6 Å². The normalized spacial score (nSPS) is 11.0. The third-order valence-corrected chi connectivity index (χ3v) is 8.03. The predicted octanol–water partition coefficient (Wildman–Crippen LogP) is 3.74. The van der Waals surface area contributed by atoms with E-state index in [-0.39, 0.29) is 28.8 Å². The van der Waals surface area contributed by atoms with Crippen LogP contribution in [-0.2, 0) is 26.2 Å². The first kappa shape index (κ1) is 31.6. The summed E-state index contributed by atoms with van der Waals surface area (Å²) in [4.78, 5) is 25.0. The summed E-state index contributed by atoms with van der Waals surface area (Å²) in [5, 5.41) is 6.76. The lowest BCUT2D eigenvalue weighted by molar-refractivity contribution is -0.123. The zero-order valence-electron chi connectivity index (χ0n) is 24.2. The molecule has 0 aliphatic carbocycles. The van der Waals surface area contributed by atoms with Crippen LogP contribution in [0, 0.1) is 0 Å². The maximum atomic E-state index is 13.6. The average molecular weight is 617 g/mol. The highest BCUT2D eigenvalue weighted by Crippen LogP contribution is 2.35. The van der Waals surface area contributed by atoms with Gasteiger partial charge in [-0.1, -0.05) is 48.5 Å². The van der Waals surface area contributed by atoms with Crippen molar-refractivity contribution in [1.29, 1.82) is 0 Å². The molecule has 0 saturated carbocycles. The number of rotatable bonds is 14. The Morgan fingerprint density at radius 3 is 2.14 bits per heavy atom. The van der Waals surface area contributed by atoms with E-state index in [1.54, 1.807) is 48.5 Å². The molecule has 0 spiro atoms. The summed E-state index contributed by atoms with van der Waals surface area (Å²) in [6.07, 6.45) is 1.40. The molecular weight excluding hydrogens is 584 g/mol. The summed E-state index contributed by atoms with van der Waals surface area (Å²) in [6, 6.07) is 28.7. The number of methoxy groups -OCH3 is 2. The lowest BCUT2D eigenvalue weighted by Gasteiger charge is -2.25. The number of hydrazone groups is 1. The van der Waals surface area contributed by atoms with Gasteiger partial charge in [0.2, 0.25) is 0 Å². The summed E-state index contributed by atoms with van der Waals surface area (Å²) < 4.78 is 44.3. The molecule has 0 heterocycles. The van der Waals surface area contributed by atoms with E-state index in [9.17, 15) is 18.0 Å². The van der Waals surface area contributed by atoms with Crippen LogP contribution in [0.25, 0.3) is 0 Å². The molecule has 44 heavy (non-hydrogen) atoms. The van der Waals surface area contributed by atoms with Gasteiger partial charge in [-0.3, -0.25) is 13.9 Å². The van der Waals surface area contributed by atoms with Crippen molar-refractivity contribution in [3.63, 3.8) is 0 Å². The molecule has 0 radical (unpaired) electrons. The summed E-state index contributed by atoms with van der Waals surface area (Å²) in [5.41, 5.74) is 4.15. The van der Waals surface area contributed by atoms with Crippen molar-refractivity contribution in [3.05, 3.63) is 114 Å². The monoisotopic (exact) mass is 616 g/mol. The van der Waals surface area contributed by atoms with Gasteiger partial charge in [-0.2, -0.15) is 5.10 Å². The Balaban J connectivity index is 1.37. The van der Waals surface area contributed by atoms with Crippen molar-refractivity contribution in [2.75, 3.05) is 31.7 Å². The number of nitrogens with zero attached hydrogens (tertiary/aromatic N) is 2. The molecule has 0 aliphatic heterocycles. The number of carbonyl (C=O) groups excluding carboxylic acids is 2. The number of benzene rings is 4. The highest BCUT2D eigenvalue weighted by Gasteiger charge is 2.29. The Hall–Kier alpha value is -5.36. The number of sulfonamides is 1. The van der Waals surface area contributed by atoms with Crippen LogP contribution in [-0.4, -0.2) is 53.8 Å². The van der Waals surface area contributed by atoms with E-state index in [0.29, 0.717) is 23.6 Å². The minimum absolute atomic E-state index is 0.00477. The van der Waals surface area contributed by atoms with Crippen molar-refractivity contribution in [2.45, 2.75) is 11.4 Å². The number of hydrogen-bond acceptors (Lipinski definition) is 8. The minimum atomic E-state index is -4.16. The van der Waals surface area contributed by atoms with Gasteiger partial charge in [-0.15, -0.1) is 0 Å². The van der Waals surface area contributed by atoms with Gasteiger partial charge < -0.3 is 19.5 Å². The fourth-order valence-corrected chi connectivity index (χ4v) is 5.45. The smallest absolute Gasteiger partial charge is 0.264 e. The molecule has 0 fully saturated rings. The molecule has 4 aromatic carbocycles. The Morgan fingerprint density at radius 1 is 0.818 bits per heavy atom. The average Bonchev–Trinajstić information content (AvgIpc) is 3.06. The van der Waals surface area contributed by atoms with Crippen molar-refractivity contribution >= 4 is 33.7 Å². The SMILES string of the molecule is COc1ccc(N(CC(=O)N/N=C\c2ccc(OCC(=O)NCc3ccccc3)cc2)S(=O)(=O)c2ccccc2)c(OC)c1. The molecule has 0 atom stereocenters. The fourth-order valence-electron chi connectivity index (χ4n) is 4.00. The number of nitrogens with one attached hydrogen (secondary N) is 2. The molecule has 2 amide bonds. The third kappa shape index (κ3) is 8.58. The molecule has 0 aromatic heterocycles. The number of ether oxygens (including phenoxy) is 3. The van der Waals surface area contributed by atoms with E-state index < -0.39 is 22.5 Å². The maximum absolute atomic E-state index is 13.6. The highest BCUT2D eigenvalue weighted by molar-refractivity contribution is 7.92. The molecule has 0 bridgehead atoms. The van der Waals surface area contributed by atoms with Crippen molar-refractivity contribution in [2.24, 2.45) is 5.10 Å². The van der Waals surface area contributed by atoms with Crippen molar-refractivity contribution in [1.82, 2.24) is 10.7 Å². The first-order chi connectivity index (χ1) is 21.3. The quantitative estimate of drug-likeness (QED) is 0.163. The highest BCUT2D eigenvalue weighted by atomic mass is 32.2. The van der Waals surface area contributed by atoms with E-state index >= 15 is 0 Å². The number of anilines is 1. The van der Waals surface area contributed by atoms with Crippen LogP contribution in [0.5, 0.6) is 17.2 Å². The molecular formula is C32H32N4O7S. The van der Waals surface area contributed by atoms with Crippen molar-refractivity contribution in [3.8, 4) is 17.2 Å². The number of carbonyl (C=O) groups is 2. The van der Waals surface area contributed by atoms with E-state index in [1.165, 1.54) is 44.7 Å². The number of amides is 2. The molecule has 12 heteroatoms. The van der Waals surface area contributed by atoms with Crippen LogP contribution in [0.4, 0.5) is 5.69 Å².